The van der Waals surface area contributed by atoms with Gasteiger partial charge in [0.15, 0.2) is 0 Å². The number of aryl methyl sites for hydroxylation is 1. The number of hydrogen-bond acceptors (Lipinski definition) is 3. The number of hydrogen-bond donors (Lipinski definition) is 2. The lowest BCUT2D eigenvalue weighted by molar-refractivity contribution is 0.287. The lowest BCUT2D eigenvalue weighted by atomic mass is 10.0. The van der Waals surface area contributed by atoms with Crippen molar-refractivity contribution < 1.29 is 5.11 Å². The lowest BCUT2D eigenvalue weighted by Gasteiger charge is -2.19. The fourth-order valence-electron chi connectivity index (χ4n) is 1.91. The zero-order chi connectivity index (χ0) is 12.1. The molecule has 90 valence electrons. The second kappa shape index (κ2) is 5.61. The molecule has 0 radical (unpaired) electrons. The molecule has 1 heterocycles. The van der Waals surface area contributed by atoms with Gasteiger partial charge in [-0.1, -0.05) is 30.3 Å². The van der Waals surface area contributed by atoms with Gasteiger partial charge >= 0.3 is 0 Å². The molecule has 0 aliphatic heterocycles. The standard InChI is InChI=1S/C13H17N3O/c1-16-12(7-8-15-16)13(14-9-10-17)11-5-3-2-4-6-11/h2-8,13-14,17H,9-10H2,1H3. The molecule has 4 heteroatoms. The molecule has 2 N–H and O–H groups in total. The lowest BCUT2D eigenvalue weighted by Crippen LogP contribution is -2.27. The van der Waals surface area contributed by atoms with Gasteiger partial charge in [0, 0.05) is 19.8 Å². The Morgan fingerprint density at radius 1 is 1.29 bits per heavy atom. The predicted octanol–water partition coefficient (Wildman–Crippen LogP) is 1.09. The Hall–Kier alpha value is -1.65. The van der Waals surface area contributed by atoms with Gasteiger partial charge in [-0.05, 0) is 11.6 Å². The maximum atomic E-state index is 8.94. The van der Waals surface area contributed by atoms with Crippen molar-refractivity contribution in [1.29, 1.82) is 0 Å². The zero-order valence-electron chi connectivity index (χ0n) is 9.87. The molecule has 1 aromatic heterocycles. The predicted molar refractivity (Wildman–Crippen MR) is 66.6 cm³/mol. The topological polar surface area (TPSA) is 50.1 Å². The third kappa shape index (κ3) is 2.72. The highest BCUT2D eigenvalue weighted by Crippen LogP contribution is 2.20. The Labute approximate surface area is 101 Å². The fraction of sp³-hybridized carbons (Fsp3) is 0.308. The van der Waals surface area contributed by atoms with Crippen molar-refractivity contribution in [2.24, 2.45) is 7.05 Å². The number of nitrogens with zero attached hydrogens (tertiary/aromatic N) is 2. The number of aliphatic hydroxyl groups is 1. The van der Waals surface area contributed by atoms with Gasteiger partial charge in [0.05, 0.1) is 18.3 Å². The van der Waals surface area contributed by atoms with Crippen LogP contribution in [-0.2, 0) is 7.05 Å². The number of benzene rings is 1. The summed E-state index contributed by atoms with van der Waals surface area (Å²) in [6.07, 6.45) is 1.78. The minimum atomic E-state index is 0.0656. The quantitative estimate of drug-likeness (QED) is 0.810. The highest BCUT2D eigenvalue weighted by Gasteiger charge is 2.15. The summed E-state index contributed by atoms with van der Waals surface area (Å²) in [7, 11) is 1.92. The van der Waals surface area contributed by atoms with Crippen LogP contribution in [0.15, 0.2) is 42.6 Å². The van der Waals surface area contributed by atoms with Crippen LogP contribution in [0.5, 0.6) is 0 Å². The van der Waals surface area contributed by atoms with Gasteiger partial charge in [-0.3, -0.25) is 4.68 Å². The molecule has 1 aromatic carbocycles. The molecule has 2 rings (SSSR count). The van der Waals surface area contributed by atoms with Crippen LogP contribution in [0.4, 0.5) is 0 Å². The second-order valence-electron chi connectivity index (χ2n) is 3.90. The smallest absolute Gasteiger partial charge is 0.0748 e. The minimum Gasteiger partial charge on any atom is -0.395 e. The molecule has 0 fully saturated rings. The molecule has 0 aliphatic carbocycles. The summed E-state index contributed by atoms with van der Waals surface area (Å²) in [6.45, 7) is 0.686. The van der Waals surface area contributed by atoms with Gasteiger partial charge in [-0.15, -0.1) is 0 Å². The average molecular weight is 231 g/mol. The van der Waals surface area contributed by atoms with E-state index in [9.17, 15) is 0 Å². The Kier molecular flexibility index (Phi) is 3.90. The Bertz CT molecular complexity index is 453. The van der Waals surface area contributed by atoms with Crippen LogP contribution < -0.4 is 5.32 Å². The Morgan fingerprint density at radius 2 is 2.06 bits per heavy atom. The summed E-state index contributed by atoms with van der Waals surface area (Å²) in [4.78, 5) is 0. The van der Waals surface area contributed by atoms with Crippen LogP contribution in [0.1, 0.15) is 17.3 Å². The normalized spacial score (nSPS) is 12.6. The molecular weight excluding hydrogens is 214 g/mol. The van der Waals surface area contributed by atoms with Crippen LogP contribution in [0.3, 0.4) is 0 Å². The Balaban J connectivity index is 2.29. The van der Waals surface area contributed by atoms with E-state index in [-0.39, 0.29) is 12.6 Å². The summed E-state index contributed by atoms with van der Waals surface area (Å²) in [5.74, 6) is 0. The third-order valence-corrected chi connectivity index (χ3v) is 2.75. The van der Waals surface area contributed by atoms with Crippen LogP contribution in [0.25, 0.3) is 0 Å². The van der Waals surface area contributed by atoms with E-state index in [4.69, 9.17) is 5.11 Å². The van der Waals surface area contributed by atoms with Crippen molar-refractivity contribution in [1.82, 2.24) is 15.1 Å². The van der Waals surface area contributed by atoms with Gasteiger partial charge in [0.2, 0.25) is 0 Å². The van der Waals surface area contributed by atoms with Crippen LogP contribution in [0.2, 0.25) is 0 Å². The van der Waals surface area contributed by atoms with E-state index >= 15 is 0 Å². The number of nitrogens with one attached hydrogen (secondary N) is 1. The van der Waals surface area contributed by atoms with Gasteiger partial charge in [0.25, 0.3) is 0 Å². The first-order valence-corrected chi connectivity index (χ1v) is 5.70. The van der Waals surface area contributed by atoms with Crippen molar-refractivity contribution in [3.8, 4) is 0 Å². The molecule has 1 atom stereocenters. The molecule has 0 amide bonds. The fourth-order valence-corrected chi connectivity index (χ4v) is 1.91. The number of rotatable bonds is 5. The van der Waals surface area contributed by atoms with E-state index < -0.39 is 0 Å². The molecule has 4 nitrogen and oxygen atoms in total. The van der Waals surface area contributed by atoms with Crippen LogP contribution in [-0.4, -0.2) is 28.0 Å². The molecule has 0 aliphatic rings. The molecular formula is C13H17N3O. The van der Waals surface area contributed by atoms with E-state index in [0.717, 1.165) is 5.69 Å². The molecule has 0 saturated heterocycles. The highest BCUT2D eigenvalue weighted by atomic mass is 16.3. The third-order valence-electron chi connectivity index (χ3n) is 2.75. The molecule has 17 heavy (non-hydrogen) atoms. The molecule has 1 unspecified atom stereocenters. The van der Waals surface area contributed by atoms with Crippen molar-refractivity contribution >= 4 is 0 Å². The highest BCUT2D eigenvalue weighted by molar-refractivity contribution is 5.27. The molecule has 0 saturated carbocycles. The van der Waals surface area contributed by atoms with Crippen LogP contribution >= 0.6 is 0 Å². The number of aromatic nitrogens is 2. The average Bonchev–Trinajstić information content (AvgIpc) is 2.78. The van der Waals surface area contributed by atoms with E-state index in [2.05, 4.69) is 22.5 Å². The first kappa shape index (κ1) is 11.8. The second-order valence-corrected chi connectivity index (χ2v) is 3.90. The summed E-state index contributed by atoms with van der Waals surface area (Å²) >= 11 is 0. The van der Waals surface area contributed by atoms with Crippen molar-refractivity contribution in [2.45, 2.75) is 6.04 Å². The van der Waals surface area contributed by atoms with Crippen molar-refractivity contribution in [3.63, 3.8) is 0 Å². The minimum absolute atomic E-state index is 0.0656. The van der Waals surface area contributed by atoms with E-state index in [1.54, 1.807) is 6.20 Å². The first-order valence-electron chi connectivity index (χ1n) is 5.70. The van der Waals surface area contributed by atoms with E-state index in [0.29, 0.717) is 6.54 Å². The zero-order valence-corrected chi connectivity index (χ0v) is 9.87. The van der Waals surface area contributed by atoms with E-state index in [1.807, 2.05) is 36.0 Å². The maximum absolute atomic E-state index is 8.94. The summed E-state index contributed by atoms with van der Waals surface area (Å²) in [6, 6.07) is 12.2. The SMILES string of the molecule is Cn1nccc1C(NCCO)c1ccccc1. The summed E-state index contributed by atoms with van der Waals surface area (Å²) in [5, 5.41) is 16.4. The molecule has 0 spiro atoms. The van der Waals surface area contributed by atoms with Crippen LogP contribution in [0, 0.1) is 0 Å². The summed E-state index contributed by atoms with van der Waals surface area (Å²) < 4.78 is 1.85. The maximum Gasteiger partial charge on any atom is 0.0748 e. The van der Waals surface area contributed by atoms with E-state index in [1.165, 1.54) is 5.56 Å². The van der Waals surface area contributed by atoms with Crippen molar-refractivity contribution in [3.05, 3.63) is 53.9 Å². The molecule has 0 bridgehead atoms. The number of aliphatic hydroxyl groups excluding tert-OH is 1. The van der Waals surface area contributed by atoms with Gasteiger partial charge in [0.1, 0.15) is 0 Å². The summed E-state index contributed by atoms with van der Waals surface area (Å²) in [5.41, 5.74) is 2.26. The van der Waals surface area contributed by atoms with Crippen molar-refractivity contribution in [2.75, 3.05) is 13.2 Å². The first-order chi connectivity index (χ1) is 8.33. The van der Waals surface area contributed by atoms with Gasteiger partial charge in [-0.2, -0.15) is 5.10 Å². The largest absolute Gasteiger partial charge is 0.395 e. The Morgan fingerprint density at radius 3 is 2.65 bits per heavy atom. The van der Waals surface area contributed by atoms with Gasteiger partial charge in [-0.25, -0.2) is 0 Å². The van der Waals surface area contributed by atoms with Gasteiger partial charge < -0.3 is 10.4 Å². The monoisotopic (exact) mass is 231 g/mol. The molecule has 2 aromatic rings.